The average molecular weight is 659 g/mol. The highest BCUT2D eigenvalue weighted by Crippen LogP contribution is 2.38. The molecule has 0 spiro atoms. The van der Waals surface area contributed by atoms with Crippen molar-refractivity contribution in [3.63, 3.8) is 0 Å². The number of hydrogen-bond donors (Lipinski definition) is 2. The number of likely N-dealkylation sites (N-methyl/N-ethyl adjacent to an activating group) is 1. The maximum absolute atomic E-state index is 12.7. The smallest absolute Gasteiger partial charge is 0.268 e. The van der Waals surface area contributed by atoms with Gasteiger partial charge in [-0.05, 0) is 38.5 Å². The Balaban J connectivity index is 4.50. The van der Waals surface area contributed by atoms with Crippen LogP contribution < -0.4 is 10.2 Å². The van der Waals surface area contributed by atoms with E-state index >= 15 is 0 Å². The van der Waals surface area contributed by atoms with Gasteiger partial charge in [0.2, 0.25) is 5.91 Å². The first-order chi connectivity index (χ1) is 21.5. The van der Waals surface area contributed by atoms with Gasteiger partial charge in [-0.3, -0.25) is 9.36 Å². The van der Waals surface area contributed by atoms with E-state index in [0.717, 1.165) is 64.2 Å². The van der Waals surface area contributed by atoms with Gasteiger partial charge in [0.25, 0.3) is 7.82 Å². The van der Waals surface area contributed by atoms with Gasteiger partial charge in [-0.15, -0.1) is 0 Å². The average Bonchev–Trinajstić information content (AvgIpc) is 2.97. The van der Waals surface area contributed by atoms with Crippen molar-refractivity contribution in [2.45, 2.75) is 161 Å². The van der Waals surface area contributed by atoms with Crippen molar-refractivity contribution in [1.82, 2.24) is 5.32 Å². The Kier molecular flexibility index (Phi) is 28.5. The van der Waals surface area contributed by atoms with Crippen molar-refractivity contribution in [1.29, 1.82) is 0 Å². The van der Waals surface area contributed by atoms with E-state index in [1.165, 1.54) is 57.8 Å². The lowest BCUT2D eigenvalue weighted by atomic mass is 10.0. The largest absolute Gasteiger partial charge is 0.756 e. The predicted octanol–water partition coefficient (Wildman–Crippen LogP) is 8.38. The molecule has 266 valence electrons. The predicted molar refractivity (Wildman–Crippen MR) is 187 cm³/mol. The molecule has 1 amide bonds. The molecule has 0 bridgehead atoms. The van der Waals surface area contributed by atoms with E-state index in [9.17, 15) is 19.4 Å². The van der Waals surface area contributed by atoms with Crippen molar-refractivity contribution >= 4 is 13.7 Å². The van der Waals surface area contributed by atoms with Crippen LogP contribution in [-0.2, 0) is 18.4 Å². The minimum atomic E-state index is -4.55. The highest BCUT2D eigenvalue weighted by atomic mass is 31.2. The number of phosphoric acid groups is 1. The molecule has 9 heteroatoms. The van der Waals surface area contributed by atoms with Crippen LogP contribution in [0.4, 0.5) is 0 Å². The molecular formula is C36H71N2O6P. The van der Waals surface area contributed by atoms with Gasteiger partial charge in [0.05, 0.1) is 39.9 Å². The van der Waals surface area contributed by atoms with Crippen LogP contribution in [0.25, 0.3) is 0 Å². The number of carbonyl (C=O) groups is 1. The summed E-state index contributed by atoms with van der Waals surface area (Å²) in [6.45, 7) is 4.61. The molecule has 0 saturated carbocycles. The first-order valence-electron chi connectivity index (χ1n) is 18.2. The number of carbonyl (C=O) groups excluding carboxylic acids is 1. The number of quaternary nitrogens is 1. The summed E-state index contributed by atoms with van der Waals surface area (Å²) in [4.78, 5) is 25.1. The standard InChI is InChI=1S/C36H71N2O6P/c1-6-8-10-12-14-16-17-18-19-20-22-24-26-28-30-36(40)37-34(33-44-45(41,42)43-32-31-38(3,4)5)35(39)29-27-25-23-21-15-13-11-9-7-2/h12,14,17-18,34-35,39H,6-11,13,15-16,19-33H2,1-5H3,(H-,37,40,41,42)/b14-12-,18-17-. The maximum Gasteiger partial charge on any atom is 0.268 e. The third-order valence-electron chi connectivity index (χ3n) is 7.94. The highest BCUT2D eigenvalue weighted by Gasteiger charge is 2.24. The first kappa shape index (κ1) is 44.0. The Morgan fingerprint density at radius 2 is 1.31 bits per heavy atom. The molecular weight excluding hydrogens is 587 g/mol. The molecule has 2 N–H and O–H groups in total. The number of phosphoric ester groups is 1. The zero-order valence-electron chi connectivity index (χ0n) is 29.8. The van der Waals surface area contributed by atoms with Gasteiger partial charge in [-0.1, -0.05) is 128 Å². The molecule has 0 aromatic carbocycles. The summed E-state index contributed by atoms with van der Waals surface area (Å²) >= 11 is 0. The van der Waals surface area contributed by atoms with E-state index in [0.29, 0.717) is 23.9 Å². The molecule has 0 saturated heterocycles. The highest BCUT2D eigenvalue weighted by molar-refractivity contribution is 7.45. The van der Waals surface area contributed by atoms with Crippen molar-refractivity contribution in [2.24, 2.45) is 0 Å². The number of aliphatic hydroxyl groups is 1. The van der Waals surface area contributed by atoms with Crippen LogP contribution in [-0.4, -0.2) is 68.5 Å². The minimum absolute atomic E-state index is 0.00899. The molecule has 8 nitrogen and oxygen atoms in total. The van der Waals surface area contributed by atoms with Gasteiger partial charge in [-0.25, -0.2) is 0 Å². The first-order valence-corrected chi connectivity index (χ1v) is 19.6. The second-order valence-electron chi connectivity index (χ2n) is 13.6. The molecule has 0 aromatic heterocycles. The SMILES string of the molecule is CCCC/C=C\C/C=C\CCCCCCCC(=O)NC(COP(=O)([O-])OCC[N+](C)(C)C)C(O)CCCCCCCCCCC. The summed E-state index contributed by atoms with van der Waals surface area (Å²) < 4.78 is 23.1. The number of aliphatic hydroxyl groups excluding tert-OH is 1. The minimum Gasteiger partial charge on any atom is -0.756 e. The molecule has 0 fully saturated rings. The number of nitrogens with one attached hydrogen (secondary N) is 1. The quantitative estimate of drug-likeness (QED) is 0.0325. The van der Waals surface area contributed by atoms with Gasteiger partial charge in [0.15, 0.2) is 0 Å². The van der Waals surface area contributed by atoms with Gasteiger partial charge in [0.1, 0.15) is 13.2 Å². The number of hydrogen-bond acceptors (Lipinski definition) is 6. The number of unbranched alkanes of at least 4 members (excludes halogenated alkanes) is 15. The normalized spacial score (nSPS) is 15.1. The number of nitrogens with zero attached hydrogens (tertiary/aromatic N) is 1. The van der Waals surface area contributed by atoms with Gasteiger partial charge < -0.3 is 28.8 Å². The molecule has 0 aliphatic carbocycles. The molecule has 45 heavy (non-hydrogen) atoms. The third kappa shape index (κ3) is 31.4. The summed E-state index contributed by atoms with van der Waals surface area (Å²) in [5.41, 5.74) is 0. The Bertz CT molecular complexity index is 799. The van der Waals surface area contributed by atoms with Crippen molar-refractivity contribution in [3.05, 3.63) is 24.3 Å². The van der Waals surface area contributed by atoms with E-state index < -0.39 is 20.0 Å². The van der Waals surface area contributed by atoms with E-state index in [1.807, 2.05) is 21.1 Å². The van der Waals surface area contributed by atoms with E-state index in [-0.39, 0.29) is 19.1 Å². The Morgan fingerprint density at radius 1 is 0.778 bits per heavy atom. The summed E-state index contributed by atoms with van der Waals surface area (Å²) in [5.74, 6) is -0.184. The van der Waals surface area contributed by atoms with Crippen molar-refractivity contribution < 1.29 is 32.9 Å². The number of amides is 1. The molecule has 3 unspecified atom stereocenters. The zero-order valence-corrected chi connectivity index (χ0v) is 30.7. The van der Waals surface area contributed by atoms with E-state index in [4.69, 9.17) is 9.05 Å². The van der Waals surface area contributed by atoms with Gasteiger partial charge in [-0.2, -0.15) is 0 Å². The molecule has 0 radical (unpaired) electrons. The lowest BCUT2D eigenvalue weighted by Gasteiger charge is -2.30. The Hall–Kier alpha value is -1.02. The van der Waals surface area contributed by atoms with E-state index in [1.54, 1.807) is 0 Å². The lowest BCUT2D eigenvalue weighted by molar-refractivity contribution is -0.870. The zero-order chi connectivity index (χ0) is 33.7. The van der Waals surface area contributed by atoms with Crippen molar-refractivity contribution in [3.8, 4) is 0 Å². The molecule has 0 heterocycles. The van der Waals surface area contributed by atoms with Gasteiger partial charge in [0, 0.05) is 6.42 Å². The van der Waals surface area contributed by atoms with Crippen LogP contribution in [0, 0.1) is 0 Å². The monoisotopic (exact) mass is 659 g/mol. The molecule has 0 rings (SSSR count). The second kappa shape index (κ2) is 29.1. The summed E-state index contributed by atoms with van der Waals surface area (Å²) in [6.07, 6.45) is 30.3. The Labute approximate surface area is 277 Å². The van der Waals surface area contributed by atoms with Crippen LogP contribution in [0.15, 0.2) is 24.3 Å². The maximum atomic E-state index is 12.7. The summed E-state index contributed by atoms with van der Waals surface area (Å²) in [7, 11) is 1.29. The lowest BCUT2D eigenvalue weighted by Crippen LogP contribution is -2.46. The summed E-state index contributed by atoms with van der Waals surface area (Å²) in [5, 5.41) is 13.7. The Morgan fingerprint density at radius 3 is 1.91 bits per heavy atom. The third-order valence-corrected chi connectivity index (χ3v) is 8.91. The fourth-order valence-corrected chi connectivity index (χ4v) is 5.66. The number of rotatable bonds is 32. The fraction of sp³-hybridized carbons (Fsp3) is 0.861. The molecule has 0 aromatic rings. The van der Waals surface area contributed by atoms with Crippen LogP contribution in [0.3, 0.4) is 0 Å². The summed E-state index contributed by atoms with van der Waals surface area (Å²) in [6, 6.07) is -0.802. The van der Waals surface area contributed by atoms with Gasteiger partial charge >= 0.3 is 0 Å². The molecule has 0 aliphatic rings. The van der Waals surface area contributed by atoms with Crippen molar-refractivity contribution in [2.75, 3.05) is 40.9 Å². The van der Waals surface area contributed by atoms with Crippen LogP contribution in [0.1, 0.15) is 149 Å². The topological polar surface area (TPSA) is 108 Å². The van der Waals surface area contributed by atoms with Crippen LogP contribution >= 0.6 is 7.82 Å². The van der Waals surface area contributed by atoms with E-state index in [2.05, 4.69) is 43.5 Å². The molecule has 3 atom stereocenters. The second-order valence-corrected chi connectivity index (χ2v) is 15.0. The number of allylic oxidation sites excluding steroid dienone is 4. The molecule has 0 aliphatic heterocycles. The van der Waals surface area contributed by atoms with Crippen LogP contribution in [0.5, 0.6) is 0 Å². The van der Waals surface area contributed by atoms with Crippen LogP contribution in [0.2, 0.25) is 0 Å². The fourth-order valence-electron chi connectivity index (χ4n) is 4.94.